The van der Waals surface area contributed by atoms with E-state index in [2.05, 4.69) is 20.5 Å². The smallest absolute Gasteiger partial charge is 0.252 e. The summed E-state index contributed by atoms with van der Waals surface area (Å²) in [5.41, 5.74) is 5.02. The van der Waals surface area contributed by atoms with Crippen molar-refractivity contribution < 1.29 is 5.11 Å². The van der Waals surface area contributed by atoms with Gasteiger partial charge in [0.15, 0.2) is 5.65 Å². The Morgan fingerprint density at radius 2 is 1.97 bits per heavy atom. The van der Waals surface area contributed by atoms with Gasteiger partial charge in [0.25, 0.3) is 5.56 Å². The Kier molecular flexibility index (Phi) is 5.47. The molecule has 4 rings (SSSR count). The summed E-state index contributed by atoms with van der Waals surface area (Å²) in [4.78, 5) is 19.9. The average Bonchev–Trinajstić information content (AvgIpc) is 3.32. The molecule has 0 aromatic carbocycles. The first-order valence-corrected chi connectivity index (χ1v) is 10.2. The Balaban J connectivity index is 1.74. The molecule has 0 aliphatic rings. The predicted octanol–water partition coefficient (Wildman–Crippen LogP) is 2.50. The van der Waals surface area contributed by atoms with E-state index in [1.54, 1.807) is 17.1 Å². The first-order chi connectivity index (χ1) is 14.7. The van der Waals surface area contributed by atoms with Crippen molar-refractivity contribution >= 4 is 11.0 Å². The molecule has 4 aromatic rings. The molecule has 0 aliphatic heterocycles. The predicted molar refractivity (Wildman–Crippen MR) is 118 cm³/mol. The van der Waals surface area contributed by atoms with Crippen LogP contribution in [-0.4, -0.2) is 34.6 Å². The van der Waals surface area contributed by atoms with Gasteiger partial charge in [-0.1, -0.05) is 0 Å². The molecule has 0 saturated heterocycles. The molecule has 9 heteroatoms. The first-order valence-electron chi connectivity index (χ1n) is 10.2. The Labute approximate surface area is 179 Å². The van der Waals surface area contributed by atoms with Gasteiger partial charge in [0, 0.05) is 53.6 Å². The van der Waals surface area contributed by atoms with Crippen molar-refractivity contribution in [2.75, 3.05) is 0 Å². The van der Waals surface area contributed by atoms with Crippen LogP contribution in [-0.2, 0) is 13.6 Å². The number of aryl methyl sites for hydroxylation is 3. The number of aromatic amines is 1. The zero-order valence-electron chi connectivity index (χ0n) is 18.3. The number of aliphatic hydroxyl groups excluding tert-OH is 1. The molecule has 3 N–H and O–H groups in total. The summed E-state index contributed by atoms with van der Waals surface area (Å²) in [6, 6.07) is 3.87. The molecule has 0 saturated carbocycles. The van der Waals surface area contributed by atoms with Crippen LogP contribution in [0.3, 0.4) is 0 Å². The van der Waals surface area contributed by atoms with Gasteiger partial charge in [0.05, 0.1) is 18.1 Å². The normalized spacial score (nSPS) is 12.7. The van der Waals surface area contributed by atoms with E-state index in [0.29, 0.717) is 22.5 Å². The Bertz CT molecular complexity index is 1300. The third-order valence-electron chi connectivity index (χ3n) is 5.35. The van der Waals surface area contributed by atoms with Crippen molar-refractivity contribution in [3.63, 3.8) is 0 Å². The van der Waals surface area contributed by atoms with E-state index in [4.69, 9.17) is 4.98 Å². The van der Waals surface area contributed by atoms with Crippen LogP contribution >= 0.6 is 0 Å². The lowest BCUT2D eigenvalue weighted by Crippen LogP contribution is -2.26. The minimum absolute atomic E-state index is 0.112. The summed E-state index contributed by atoms with van der Waals surface area (Å²) < 4.78 is 3.54. The van der Waals surface area contributed by atoms with E-state index in [9.17, 15) is 9.90 Å². The van der Waals surface area contributed by atoms with E-state index in [-0.39, 0.29) is 18.1 Å². The van der Waals surface area contributed by atoms with Crippen molar-refractivity contribution in [1.29, 1.82) is 0 Å². The average molecular weight is 422 g/mol. The van der Waals surface area contributed by atoms with Crippen molar-refractivity contribution in [2.45, 2.75) is 46.5 Å². The number of rotatable bonds is 6. The van der Waals surface area contributed by atoms with Crippen LogP contribution in [0.1, 0.15) is 48.5 Å². The van der Waals surface area contributed by atoms with E-state index in [1.807, 2.05) is 57.8 Å². The highest BCUT2D eigenvalue weighted by Gasteiger charge is 2.20. The quantitative estimate of drug-likeness (QED) is 0.412. The molecule has 31 heavy (non-hydrogen) atoms. The molecule has 4 heterocycles. The highest BCUT2D eigenvalue weighted by Crippen LogP contribution is 2.29. The maximum atomic E-state index is 12.3. The largest absolute Gasteiger partial charge is 0.374 e. The SMILES string of the molecule is Cc1cc(C)c(CNC(O)c2cc(-c3cnn(C)c3)nc3c2cnn3C(C)C)c(=O)[nH]1. The van der Waals surface area contributed by atoms with Gasteiger partial charge in [-0.2, -0.15) is 10.2 Å². The number of nitrogens with one attached hydrogen (secondary N) is 2. The van der Waals surface area contributed by atoms with Gasteiger partial charge in [0.2, 0.25) is 0 Å². The number of hydrogen-bond acceptors (Lipinski definition) is 6. The molecule has 0 bridgehead atoms. The van der Waals surface area contributed by atoms with Crippen LogP contribution < -0.4 is 10.9 Å². The van der Waals surface area contributed by atoms with Crippen LogP contribution in [0.2, 0.25) is 0 Å². The fourth-order valence-electron chi connectivity index (χ4n) is 3.76. The topological polar surface area (TPSA) is 114 Å². The number of fused-ring (bicyclic) bond motifs is 1. The number of aromatic nitrogens is 6. The summed E-state index contributed by atoms with van der Waals surface area (Å²) in [5.74, 6) is 0. The van der Waals surface area contributed by atoms with E-state index < -0.39 is 6.23 Å². The first kappa shape index (κ1) is 21.0. The van der Waals surface area contributed by atoms with Crippen molar-refractivity contribution in [3.05, 3.63) is 63.5 Å². The fraction of sp³-hybridized carbons (Fsp3) is 0.364. The van der Waals surface area contributed by atoms with Crippen LogP contribution in [0.5, 0.6) is 0 Å². The Morgan fingerprint density at radius 3 is 2.61 bits per heavy atom. The van der Waals surface area contributed by atoms with Gasteiger partial charge in [-0.25, -0.2) is 9.67 Å². The van der Waals surface area contributed by atoms with Gasteiger partial charge < -0.3 is 10.1 Å². The van der Waals surface area contributed by atoms with Gasteiger partial charge in [-0.3, -0.25) is 14.8 Å². The van der Waals surface area contributed by atoms with Crippen molar-refractivity contribution in [3.8, 4) is 11.3 Å². The second-order valence-corrected chi connectivity index (χ2v) is 8.15. The lowest BCUT2D eigenvalue weighted by atomic mass is 10.1. The number of nitrogens with zero attached hydrogens (tertiary/aromatic N) is 5. The van der Waals surface area contributed by atoms with E-state index in [0.717, 1.165) is 22.2 Å². The molecule has 0 radical (unpaired) electrons. The lowest BCUT2D eigenvalue weighted by Gasteiger charge is -2.16. The molecular weight excluding hydrogens is 394 g/mol. The van der Waals surface area contributed by atoms with Crippen molar-refractivity contribution in [1.82, 2.24) is 34.8 Å². The van der Waals surface area contributed by atoms with Gasteiger partial charge >= 0.3 is 0 Å². The fourth-order valence-corrected chi connectivity index (χ4v) is 3.76. The highest BCUT2D eigenvalue weighted by molar-refractivity contribution is 5.82. The molecular formula is C22H27N7O2. The number of H-pyrrole nitrogens is 1. The maximum absolute atomic E-state index is 12.3. The highest BCUT2D eigenvalue weighted by atomic mass is 16.3. The van der Waals surface area contributed by atoms with Crippen LogP contribution in [0.4, 0.5) is 0 Å². The molecule has 1 atom stereocenters. The number of aliphatic hydroxyl groups is 1. The zero-order valence-corrected chi connectivity index (χ0v) is 18.3. The minimum atomic E-state index is -1.01. The summed E-state index contributed by atoms with van der Waals surface area (Å²) in [5, 5.41) is 23.6. The van der Waals surface area contributed by atoms with Gasteiger partial charge in [-0.05, 0) is 45.4 Å². The molecule has 0 aliphatic carbocycles. The lowest BCUT2D eigenvalue weighted by molar-refractivity contribution is 0.138. The molecule has 0 fully saturated rings. The molecule has 4 aromatic heterocycles. The van der Waals surface area contributed by atoms with Gasteiger partial charge in [0.1, 0.15) is 6.23 Å². The van der Waals surface area contributed by atoms with Crippen LogP contribution in [0.15, 0.2) is 35.5 Å². The maximum Gasteiger partial charge on any atom is 0.252 e. The van der Waals surface area contributed by atoms with Crippen LogP contribution in [0.25, 0.3) is 22.3 Å². The molecule has 0 amide bonds. The second-order valence-electron chi connectivity index (χ2n) is 8.15. The third kappa shape index (κ3) is 4.01. The Hall–Kier alpha value is -3.30. The van der Waals surface area contributed by atoms with E-state index >= 15 is 0 Å². The number of pyridine rings is 2. The minimum Gasteiger partial charge on any atom is -0.374 e. The standard InChI is InChI=1S/C22H27N7O2/c1-12(2)29-20-18(10-25-29)16(7-19(27-20)15-8-24-28(5)11-15)21(30)23-9-17-13(3)6-14(4)26-22(17)31/h6-8,10-12,21,23,30H,9H2,1-5H3,(H,26,31). The number of hydrogen-bond donors (Lipinski definition) is 3. The summed E-state index contributed by atoms with van der Waals surface area (Å²) in [7, 11) is 1.85. The molecule has 162 valence electrons. The monoisotopic (exact) mass is 421 g/mol. The van der Waals surface area contributed by atoms with E-state index in [1.165, 1.54) is 0 Å². The van der Waals surface area contributed by atoms with Crippen molar-refractivity contribution in [2.24, 2.45) is 7.05 Å². The summed E-state index contributed by atoms with van der Waals surface area (Å²) in [6.07, 6.45) is 4.33. The van der Waals surface area contributed by atoms with Crippen LogP contribution in [0, 0.1) is 13.8 Å². The third-order valence-corrected chi connectivity index (χ3v) is 5.35. The summed E-state index contributed by atoms with van der Waals surface area (Å²) in [6.45, 7) is 8.04. The Morgan fingerprint density at radius 1 is 1.19 bits per heavy atom. The second kappa shape index (κ2) is 8.09. The van der Waals surface area contributed by atoms with Gasteiger partial charge in [-0.15, -0.1) is 0 Å². The summed E-state index contributed by atoms with van der Waals surface area (Å²) >= 11 is 0. The molecule has 0 spiro atoms. The zero-order chi connectivity index (χ0) is 22.3. The molecule has 9 nitrogen and oxygen atoms in total. The molecule has 1 unspecified atom stereocenters.